The molecule has 1 amide bonds. The number of amides is 1. The maximum Gasteiger partial charge on any atom is 0.260 e. The molecule has 0 aliphatic heterocycles. The van der Waals surface area contributed by atoms with Crippen LogP contribution in [0.15, 0.2) is 18.2 Å². The van der Waals surface area contributed by atoms with E-state index < -0.39 is 0 Å². The van der Waals surface area contributed by atoms with Crippen molar-refractivity contribution in [3.63, 3.8) is 0 Å². The van der Waals surface area contributed by atoms with Crippen molar-refractivity contribution in [3.8, 4) is 5.75 Å². The molecular formula is C16H21ClN2O2. The van der Waals surface area contributed by atoms with Gasteiger partial charge in [-0.3, -0.25) is 4.79 Å². The van der Waals surface area contributed by atoms with E-state index in [1.54, 1.807) is 11.0 Å². The lowest BCUT2D eigenvalue weighted by atomic mass is 10.2. The first kappa shape index (κ1) is 14.7. The van der Waals surface area contributed by atoms with Crippen LogP contribution >= 0.6 is 11.6 Å². The first-order chi connectivity index (χ1) is 10.1. The van der Waals surface area contributed by atoms with Gasteiger partial charge in [0.2, 0.25) is 0 Å². The van der Waals surface area contributed by atoms with Crippen molar-refractivity contribution in [1.29, 1.82) is 0 Å². The molecular weight excluding hydrogens is 288 g/mol. The Kier molecular flexibility index (Phi) is 4.36. The van der Waals surface area contributed by atoms with Gasteiger partial charge in [0.1, 0.15) is 5.75 Å². The second-order valence-electron chi connectivity index (χ2n) is 5.93. The molecule has 0 saturated heterocycles. The number of rotatable bonds is 7. The Morgan fingerprint density at radius 2 is 2.14 bits per heavy atom. The quantitative estimate of drug-likeness (QED) is 0.842. The first-order valence-corrected chi connectivity index (χ1v) is 7.91. The normalized spacial score (nSPS) is 17.6. The minimum atomic E-state index is 0.0357. The van der Waals surface area contributed by atoms with Gasteiger partial charge in [-0.05, 0) is 43.9 Å². The number of benzene rings is 1. The average molecular weight is 309 g/mol. The van der Waals surface area contributed by atoms with Gasteiger partial charge in [0.05, 0.1) is 0 Å². The van der Waals surface area contributed by atoms with E-state index in [-0.39, 0.29) is 12.5 Å². The lowest BCUT2D eigenvalue weighted by molar-refractivity contribution is -0.132. The Balaban J connectivity index is 1.58. The molecule has 114 valence electrons. The maximum atomic E-state index is 12.0. The van der Waals surface area contributed by atoms with Crippen LogP contribution in [0.5, 0.6) is 5.75 Å². The zero-order valence-electron chi connectivity index (χ0n) is 12.3. The summed E-state index contributed by atoms with van der Waals surface area (Å²) in [6, 6.07) is 6.59. The molecule has 4 nitrogen and oxygen atoms in total. The van der Waals surface area contributed by atoms with Crippen LogP contribution in [0.3, 0.4) is 0 Å². The van der Waals surface area contributed by atoms with E-state index in [1.165, 1.54) is 12.8 Å². The molecule has 0 spiro atoms. The standard InChI is InChI=1S/C16H21ClN2O2/c1-19(14-5-6-14)16(20)10-21-15-7-2-12(17)8-11(15)9-18-13-3-4-13/h2,7-8,13-14,18H,3-6,9-10H2,1H3. The number of nitrogens with zero attached hydrogens (tertiary/aromatic N) is 1. The fourth-order valence-electron chi connectivity index (χ4n) is 2.28. The highest BCUT2D eigenvalue weighted by Gasteiger charge is 2.29. The fourth-order valence-corrected chi connectivity index (χ4v) is 2.47. The minimum Gasteiger partial charge on any atom is -0.483 e. The summed E-state index contributed by atoms with van der Waals surface area (Å²) in [5.74, 6) is 0.777. The van der Waals surface area contributed by atoms with Crippen molar-refractivity contribution in [2.75, 3.05) is 13.7 Å². The number of likely N-dealkylation sites (N-methyl/N-ethyl adjacent to an activating group) is 1. The van der Waals surface area contributed by atoms with Gasteiger partial charge in [-0.25, -0.2) is 0 Å². The number of carbonyl (C=O) groups is 1. The number of carbonyl (C=O) groups excluding carboxylic acids is 1. The largest absolute Gasteiger partial charge is 0.483 e. The summed E-state index contributed by atoms with van der Waals surface area (Å²) in [4.78, 5) is 13.8. The number of nitrogens with one attached hydrogen (secondary N) is 1. The minimum absolute atomic E-state index is 0.0357. The summed E-state index contributed by atoms with van der Waals surface area (Å²) in [5.41, 5.74) is 1.01. The number of ether oxygens (including phenoxy) is 1. The summed E-state index contributed by atoms with van der Waals surface area (Å²) in [6.07, 6.45) is 4.70. The van der Waals surface area contributed by atoms with Crippen molar-refractivity contribution >= 4 is 17.5 Å². The molecule has 0 heterocycles. The van der Waals surface area contributed by atoms with E-state index in [9.17, 15) is 4.79 Å². The van der Waals surface area contributed by atoms with Crippen LogP contribution in [0.25, 0.3) is 0 Å². The Morgan fingerprint density at radius 3 is 2.81 bits per heavy atom. The molecule has 0 bridgehead atoms. The molecule has 0 atom stereocenters. The second kappa shape index (κ2) is 6.24. The van der Waals surface area contributed by atoms with Gasteiger partial charge in [-0.15, -0.1) is 0 Å². The summed E-state index contributed by atoms with van der Waals surface area (Å²) < 4.78 is 5.72. The highest BCUT2D eigenvalue weighted by atomic mass is 35.5. The van der Waals surface area contributed by atoms with E-state index in [0.717, 1.165) is 30.7 Å². The third-order valence-electron chi connectivity index (χ3n) is 4.02. The Bertz CT molecular complexity index is 527. The van der Waals surface area contributed by atoms with Crippen LogP contribution in [0.2, 0.25) is 5.02 Å². The molecule has 2 fully saturated rings. The fraction of sp³-hybridized carbons (Fsp3) is 0.562. The zero-order chi connectivity index (χ0) is 14.8. The average Bonchev–Trinajstić information content (AvgIpc) is 3.36. The molecule has 5 heteroatoms. The topological polar surface area (TPSA) is 41.6 Å². The van der Waals surface area contributed by atoms with Gasteiger partial charge < -0.3 is 15.0 Å². The molecule has 0 aromatic heterocycles. The predicted molar refractivity (Wildman–Crippen MR) is 82.6 cm³/mol. The summed E-state index contributed by atoms with van der Waals surface area (Å²) in [5, 5.41) is 4.14. The molecule has 1 aromatic rings. The Hall–Kier alpha value is -1.26. The smallest absolute Gasteiger partial charge is 0.260 e. The molecule has 0 unspecified atom stereocenters. The highest BCUT2D eigenvalue weighted by molar-refractivity contribution is 6.30. The van der Waals surface area contributed by atoms with E-state index in [2.05, 4.69) is 5.32 Å². The first-order valence-electron chi connectivity index (χ1n) is 7.54. The van der Waals surface area contributed by atoms with Gasteiger partial charge in [0.25, 0.3) is 5.91 Å². The zero-order valence-corrected chi connectivity index (χ0v) is 13.0. The van der Waals surface area contributed by atoms with Gasteiger partial charge >= 0.3 is 0 Å². The molecule has 1 aromatic carbocycles. The van der Waals surface area contributed by atoms with Crippen molar-refractivity contribution in [2.24, 2.45) is 0 Å². The van der Waals surface area contributed by atoms with Gasteiger partial charge in [-0.1, -0.05) is 11.6 Å². The van der Waals surface area contributed by atoms with Crippen molar-refractivity contribution in [3.05, 3.63) is 28.8 Å². The third-order valence-corrected chi connectivity index (χ3v) is 4.26. The second-order valence-corrected chi connectivity index (χ2v) is 6.37. The Morgan fingerprint density at radius 1 is 1.38 bits per heavy atom. The number of hydrogen-bond acceptors (Lipinski definition) is 3. The molecule has 21 heavy (non-hydrogen) atoms. The Labute approximate surface area is 130 Å². The maximum absolute atomic E-state index is 12.0. The molecule has 2 aliphatic rings. The molecule has 3 rings (SSSR count). The van der Waals surface area contributed by atoms with Crippen LogP contribution in [0.4, 0.5) is 0 Å². The number of hydrogen-bond donors (Lipinski definition) is 1. The van der Waals surface area contributed by atoms with Crippen LogP contribution < -0.4 is 10.1 Å². The SMILES string of the molecule is CN(C(=O)COc1ccc(Cl)cc1CNC1CC1)C1CC1. The van der Waals surface area contributed by atoms with E-state index in [1.807, 2.05) is 19.2 Å². The van der Waals surface area contributed by atoms with Crippen LogP contribution in [0.1, 0.15) is 31.2 Å². The lowest BCUT2D eigenvalue weighted by Gasteiger charge is -2.18. The van der Waals surface area contributed by atoms with Crippen molar-refractivity contribution in [2.45, 2.75) is 44.3 Å². The van der Waals surface area contributed by atoms with Crippen LogP contribution in [0, 0.1) is 0 Å². The molecule has 0 radical (unpaired) electrons. The highest BCUT2D eigenvalue weighted by Crippen LogP contribution is 2.27. The van der Waals surface area contributed by atoms with Crippen LogP contribution in [-0.2, 0) is 11.3 Å². The van der Waals surface area contributed by atoms with Gasteiger partial charge in [-0.2, -0.15) is 0 Å². The summed E-state index contributed by atoms with van der Waals surface area (Å²) >= 11 is 6.05. The van der Waals surface area contributed by atoms with Crippen LogP contribution in [-0.4, -0.2) is 36.5 Å². The lowest BCUT2D eigenvalue weighted by Crippen LogP contribution is -2.33. The number of halogens is 1. The summed E-state index contributed by atoms with van der Waals surface area (Å²) in [6.45, 7) is 0.818. The third kappa shape index (κ3) is 4.11. The monoisotopic (exact) mass is 308 g/mol. The van der Waals surface area contributed by atoms with E-state index in [0.29, 0.717) is 17.1 Å². The van der Waals surface area contributed by atoms with E-state index >= 15 is 0 Å². The van der Waals surface area contributed by atoms with Gasteiger partial charge in [0.15, 0.2) is 6.61 Å². The molecule has 1 N–H and O–H groups in total. The van der Waals surface area contributed by atoms with Crippen molar-refractivity contribution in [1.82, 2.24) is 10.2 Å². The van der Waals surface area contributed by atoms with Crippen molar-refractivity contribution < 1.29 is 9.53 Å². The summed E-state index contributed by atoms with van der Waals surface area (Å²) in [7, 11) is 1.85. The van der Waals surface area contributed by atoms with E-state index in [4.69, 9.17) is 16.3 Å². The van der Waals surface area contributed by atoms with Gasteiger partial charge in [0, 0.05) is 36.3 Å². The molecule has 2 saturated carbocycles. The predicted octanol–water partition coefficient (Wildman–Crippen LogP) is 2.59. The molecule has 2 aliphatic carbocycles.